The summed E-state index contributed by atoms with van der Waals surface area (Å²) in [5.74, 6) is 2.71. The topological polar surface area (TPSA) is 13.1 Å². The van der Waals surface area contributed by atoms with Crippen molar-refractivity contribution in [2.45, 2.75) is 91.4 Å². The highest BCUT2D eigenvalue weighted by molar-refractivity contribution is 6.07. The number of rotatable bonds is 3. The maximum atomic E-state index is 7.05. The lowest BCUT2D eigenvalue weighted by molar-refractivity contribution is -0.659. The number of fused-ring (bicyclic) bond motifs is 3. The van der Waals surface area contributed by atoms with E-state index in [9.17, 15) is 0 Å². The number of hydrogen-bond acceptors (Lipinski definition) is 1. The van der Waals surface area contributed by atoms with E-state index >= 15 is 0 Å². The molecule has 0 radical (unpaired) electrons. The van der Waals surface area contributed by atoms with Crippen molar-refractivity contribution in [2.24, 2.45) is 12.5 Å². The number of nitrogens with zero attached hydrogens (tertiary/aromatic N) is 1. The molecule has 1 fully saturated rings. The van der Waals surface area contributed by atoms with Crippen LogP contribution in [-0.4, -0.2) is 0 Å². The molecule has 2 aliphatic rings. The van der Waals surface area contributed by atoms with Gasteiger partial charge in [0.25, 0.3) is 0 Å². The quantitative estimate of drug-likeness (QED) is 0.228. The van der Waals surface area contributed by atoms with Gasteiger partial charge in [0.2, 0.25) is 5.69 Å². The average molecular weight is 493 g/mol. The first-order valence-electron chi connectivity index (χ1n) is 14.4. The maximum absolute atomic E-state index is 7.05. The monoisotopic (exact) mass is 492 g/mol. The van der Waals surface area contributed by atoms with Crippen molar-refractivity contribution in [1.82, 2.24) is 0 Å². The van der Waals surface area contributed by atoms with E-state index in [4.69, 9.17) is 4.74 Å². The Morgan fingerprint density at radius 3 is 2.30 bits per heavy atom. The van der Waals surface area contributed by atoms with Crippen molar-refractivity contribution in [3.8, 4) is 22.8 Å². The minimum atomic E-state index is -0.0496. The summed E-state index contributed by atoms with van der Waals surface area (Å²) in [4.78, 5) is 0. The first-order chi connectivity index (χ1) is 17.7. The van der Waals surface area contributed by atoms with E-state index in [2.05, 4.69) is 102 Å². The zero-order valence-electron chi connectivity index (χ0n) is 23.8. The Kier molecular flexibility index (Phi) is 5.67. The summed E-state index contributed by atoms with van der Waals surface area (Å²) in [6, 6.07) is 16.0. The van der Waals surface area contributed by atoms with Crippen LogP contribution >= 0.6 is 0 Å². The lowest BCUT2D eigenvalue weighted by Gasteiger charge is -2.39. The molecule has 0 saturated heterocycles. The van der Waals surface area contributed by atoms with Crippen molar-refractivity contribution in [3.63, 3.8) is 0 Å². The van der Waals surface area contributed by atoms with Crippen LogP contribution in [-0.2, 0) is 12.5 Å². The maximum Gasteiger partial charge on any atom is 0.228 e. The van der Waals surface area contributed by atoms with Crippen molar-refractivity contribution < 1.29 is 9.30 Å². The van der Waals surface area contributed by atoms with E-state index in [1.165, 1.54) is 88.0 Å². The molecule has 0 bridgehead atoms. The third kappa shape index (κ3) is 3.70. The lowest BCUT2D eigenvalue weighted by atomic mass is 9.66. The zero-order valence-corrected chi connectivity index (χ0v) is 23.8. The average Bonchev–Trinajstić information content (AvgIpc) is 2.89. The molecule has 1 aliphatic heterocycles. The molecule has 0 unspecified atom stereocenters. The van der Waals surface area contributed by atoms with Crippen LogP contribution in [0.3, 0.4) is 0 Å². The largest absolute Gasteiger partial charge is 0.455 e. The van der Waals surface area contributed by atoms with E-state index < -0.39 is 0 Å². The number of aromatic nitrogens is 1. The second-order valence-corrected chi connectivity index (χ2v) is 12.8. The van der Waals surface area contributed by atoms with Crippen LogP contribution in [0.25, 0.3) is 32.8 Å². The normalized spacial score (nSPS) is 17.2. The number of aryl methyl sites for hydroxylation is 2. The predicted octanol–water partition coefficient (Wildman–Crippen LogP) is 9.66. The van der Waals surface area contributed by atoms with E-state index in [1.807, 2.05) is 0 Å². The molecule has 0 atom stereocenters. The Labute approximate surface area is 222 Å². The molecule has 2 nitrogen and oxygen atoms in total. The minimum Gasteiger partial charge on any atom is -0.455 e. The Hall–Kier alpha value is -2.87. The molecule has 192 valence electrons. The SMILES string of the molecule is CCC1(CC)CCC(c2cc3c4c([n+](C)ccc4c2)-c2c(c(C(C)(C)C)c4ccccc4c2C)O3)CC1. The van der Waals surface area contributed by atoms with Crippen LogP contribution in [0, 0.1) is 12.3 Å². The summed E-state index contributed by atoms with van der Waals surface area (Å²) >= 11 is 0. The Bertz CT molecular complexity index is 1520. The fourth-order valence-corrected chi connectivity index (χ4v) is 7.45. The first kappa shape index (κ1) is 24.5. The van der Waals surface area contributed by atoms with Crippen molar-refractivity contribution >= 4 is 21.5 Å². The molecule has 1 aliphatic carbocycles. The highest BCUT2D eigenvalue weighted by atomic mass is 16.5. The highest BCUT2D eigenvalue weighted by Crippen LogP contribution is 2.54. The Morgan fingerprint density at radius 2 is 1.65 bits per heavy atom. The molecule has 3 aromatic carbocycles. The number of hydrogen-bond donors (Lipinski definition) is 0. The van der Waals surface area contributed by atoms with Gasteiger partial charge in [0, 0.05) is 11.6 Å². The van der Waals surface area contributed by atoms with Gasteiger partial charge in [-0.25, -0.2) is 4.57 Å². The van der Waals surface area contributed by atoms with Gasteiger partial charge in [-0.05, 0) is 82.7 Å². The van der Waals surface area contributed by atoms with Gasteiger partial charge in [-0.1, -0.05) is 77.8 Å². The smallest absolute Gasteiger partial charge is 0.228 e. The van der Waals surface area contributed by atoms with E-state index in [-0.39, 0.29) is 5.41 Å². The number of pyridine rings is 1. The second-order valence-electron chi connectivity index (χ2n) is 12.8. The van der Waals surface area contributed by atoms with Crippen LogP contribution < -0.4 is 9.30 Å². The molecular weight excluding hydrogens is 450 g/mol. The molecule has 1 saturated carbocycles. The molecule has 6 rings (SSSR count). The Balaban J connectivity index is 1.58. The number of ether oxygens (including phenoxy) is 1. The number of benzene rings is 3. The van der Waals surface area contributed by atoms with E-state index in [0.29, 0.717) is 11.3 Å². The molecule has 0 spiro atoms. The molecule has 37 heavy (non-hydrogen) atoms. The van der Waals surface area contributed by atoms with Crippen molar-refractivity contribution in [1.29, 1.82) is 0 Å². The van der Waals surface area contributed by atoms with Gasteiger partial charge < -0.3 is 4.74 Å². The second kappa shape index (κ2) is 8.58. The molecule has 0 N–H and O–H groups in total. The summed E-state index contributed by atoms with van der Waals surface area (Å²) in [7, 11) is 2.18. The van der Waals surface area contributed by atoms with Crippen LogP contribution in [0.2, 0.25) is 0 Å². The van der Waals surface area contributed by atoms with Gasteiger partial charge in [-0.15, -0.1) is 0 Å². The zero-order chi connectivity index (χ0) is 26.1. The first-order valence-corrected chi connectivity index (χ1v) is 14.4. The van der Waals surface area contributed by atoms with Crippen molar-refractivity contribution in [2.75, 3.05) is 0 Å². The van der Waals surface area contributed by atoms with Crippen LogP contribution in [0.4, 0.5) is 0 Å². The van der Waals surface area contributed by atoms with Gasteiger partial charge in [0.05, 0.1) is 10.9 Å². The summed E-state index contributed by atoms with van der Waals surface area (Å²) < 4.78 is 9.36. The fourth-order valence-electron chi connectivity index (χ4n) is 7.45. The lowest BCUT2D eigenvalue weighted by Crippen LogP contribution is -2.32. The third-order valence-corrected chi connectivity index (χ3v) is 9.87. The predicted molar refractivity (Wildman–Crippen MR) is 156 cm³/mol. The Morgan fingerprint density at radius 1 is 0.973 bits per heavy atom. The van der Waals surface area contributed by atoms with Gasteiger partial charge in [0.15, 0.2) is 6.20 Å². The van der Waals surface area contributed by atoms with Gasteiger partial charge in [-0.2, -0.15) is 0 Å². The summed E-state index contributed by atoms with van der Waals surface area (Å²) in [6.45, 7) is 14.0. The standard InChI is InChI=1S/C35H42NO/c1-8-35(9-2)17-14-23(15-18-35)25-20-24-16-19-36(7)32-29-22(3)26-12-10-11-13-27(26)31(34(4,5)6)33(29)37-28(21-25)30(24)32/h10-13,16,19-21,23H,8-9,14-15,17-18H2,1-7H3/q+1. The molecule has 0 amide bonds. The molecule has 2 heteroatoms. The summed E-state index contributed by atoms with van der Waals surface area (Å²) in [6.07, 6.45) is 10.1. The summed E-state index contributed by atoms with van der Waals surface area (Å²) in [5, 5.41) is 5.19. The van der Waals surface area contributed by atoms with Gasteiger partial charge in [-0.3, -0.25) is 0 Å². The van der Waals surface area contributed by atoms with E-state index in [1.54, 1.807) is 0 Å². The molecule has 2 heterocycles. The van der Waals surface area contributed by atoms with Crippen LogP contribution in [0.15, 0.2) is 48.7 Å². The summed E-state index contributed by atoms with van der Waals surface area (Å²) in [5.41, 5.74) is 7.12. The minimum absolute atomic E-state index is 0.0496. The third-order valence-electron chi connectivity index (χ3n) is 9.87. The molecule has 1 aromatic heterocycles. The highest BCUT2D eigenvalue weighted by Gasteiger charge is 2.37. The van der Waals surface area contributed by atoms with Crippen LogP contribution in [0.5, 0.6) is 11.5 Å². The van der Waals surface area contributed by atoms with Gasteiger partial charge in [0.1, 0.15) is 18.5 Å². The van der Waals surface area contributed by atoms with Crippen LogP contribution in [0.1, 0.15) is 95.8 Å². The van der Waals surface area contributed by atoms with Crippen molar-refractivity contribution in [3.05, 3.63) is 65.4 Å². The molecular formula is C35H42NO+. The van der Waals surface area contributed by atoms with Gasteiger partial charge >= 0.3 is 0 Å². The molecule has 4 aromatic rings. The van der Waals surface area contributed by atoms with E-state index in [0.717, 1.165) is 11.5 Å². The fraction of sp³-hybridized carbons (Fsp3) is 0.457.